The summed E-state index contributed by atoms with van der Waals surface area (Å²) in [6.45, 7) is 10.5. The molecule has 0 aromatic heterocycles. The second-order valence-corrected chi connectivity index (χ2v) is 6.78. The van der Waals surface area contributed by atoms with Crippen molar-refractivity contribution in [3.63, 3.8) is 0 Å². The number of benzene rings is 1. The first kappa shape index (κ1) is 14.1. The van der Waals surface area contributed by atoms with Crippen LogP contribution in [-0.4, -0.2) is 11.2 Å². The first-order valence-corrected chi connectivity index (χ1v) is 6.67. The van der Waals surface area contributed by atoms with Crippen LogP contribution in [0.15, 0.2) is 23.1 Å². The van der Waals surface area contributed by atoms with E-state index in [0.29, 0.717) is 0 Å². The maximum Gasteiger partial charge on any atom is 0.230 e. The molecule has 0 aliphatic heterocycles. The van der Waals surface area contributed by atoms with Crippen LogP contribution in [0, 0.1) is 6.92 Å². The SMILES string of the molecule is Cc1ccc(C(C)(C)C)cc1S[C@H](C)C(N)=O. The van der Waals surface area contributed by atoms with Gasteiger partial charge in [0.05, 0.1) is 5.25 Å². The fourth-order valence-electron chi connectivity index (χ4n) is 1.44. The molecule has 0 aliphatic rings. The monoisotopic (exact) mass is 251 g/mol. The Morgan fingerprint density at radius 1 is 1.35 bits per heavy atom. The summed E-state index contributed by atoms with van der Waals surface area (Å²) in [5.74, 6) is -0.268. The van der Waals surface area contributed by atoms with Gasteiger partial charge in [0.1, 0.15) is 0 Å². The van der Waals surface area contributed by atoms with E-state index in [0.717, 1.165) is 4.90 Å². The van der Waals surface area contributed by atoms with Crippen molar-refractivity contribution >= 4 is 17.7 Å². The molecule has 0 saturated carbocycles. The lowest BCUT2D eigenvalue weighted by atomic mass is 9.87. The zero-order valence-corrected chi connectivity index (χ0v) is 12.0. The molecule has 1 atom stereocenters. The van der Waals surface area contributed by atoms with Gasteiger partial charge in [0.15, 0.2) is 0 Å². The van der Waals surface area contributed by atoms with E-state index >= 15 is 0 Å². The molecule has 0 fully saturated rings. The van der Waals surface area contributed by atoms with Gasteiger partial charge in [-0.05, 0) is 36.5 Å². The molecule has 1 rings (SSSR count). The largest absolute Gasteiger partial charge is 0.369 e. The quantitative estimate of drug-likeness (QED) is 0.838. The summed E-state index contributed by atoms with van der Waals surface area (Å²) in [6.07, 6.45) is 0. The fraction of sp³-hybridized carbons (Fsp3) is 0.500. The number of hydrogen-bond acceptors (Lipinski definition) is 2. The van der Waals surface area contributed by atoms with Gasteiger partial charge in [0.2, 0.25) is 5.91 Å². The molecule has 1 amide bonds. The molecular formula is C14H21NOS. The lowest BCUT2D eigenvalue weighted by Gasteiger charge is -2.21. The fourth-order valence-corrected chi connectivity index (χ4v) is 2.39. The van der Waals surface area contributed by atoms with Crippen LogP contribution in [0.2, 0.25) is 0 Å². The number of hydrogen-bond donors (Lipinski definition) is 1. The van der Waals surface area contributed by atoms with Crippen molar-refractivity contribution in [1.29, 1.82) is 0 Å². The van der Waals surface area contributed by atoms with Crippen molar-refractivity contribution < 1.29 is 4.79 Å². The molecule has 17 heavy (non-hydrogen) atoms. The molecule has 3 heteroatoms. The predicted octanol–water partition coefficient (Wildman–Crippen LogP) is 3.26. The number of carbonyl (C=O) groups is 1. The van der Waals surface area contributed by atoms with Gasteiger partial charge >= 0.3 is 0 Å². The van der Waals surface area contributed by atoms with E-state index in [-0.39, 0.29) is 16.6 Å². The van der Waals surface area contributed by atoms with Crippen molar-refractivity contribution in [1.82, 2.24) is 0 Å². The van der Waals surface area contributed by atoms with Crippen molar-refractivity contribution in [3.05, 3.63) is 29.3 Å². The van der Waals surface area contributed by atoms with E-state index < -0.39 is 0 Å². The Morgan fingerprint density at radius 3 is 2.41 bits per heavy atom. The molecule has 0 heterocycles. The lowest BCUT2D eigenvalue weighted by Crippen LogP contribution is -2.22. The van der Waals surface area contributed by atoms with Gasteiger partial charge in [-0.3, -0.25) is 4.79 Å². The molecule has 2 nitrogen and oxygen atoms in total. The average molecular weight is 251 g/mol. The number of thioether (sulfide) groups is 1. The van der Waals surface area contributed by atoms with E-state index in [1.165, 1.54) is 22.9 Å². The average Bonchev–Trinajstić information content (AvgIpc) is 2.19. The van der Waals surface area contributed by atoms with Crippen LogP contribution in [0.3, 0.4) is 0 Å². The Morgan fingerprint density at radius 2 is 1.94 bits per heavy atom. The summed E-state index contributed by atoms with van der Waals surface area (Å²) in [4.78, 5) is 12.2. The molecule has 1 aromatic carbocycles. The zero-order chi connectivity index (χ0) is 13.2. The van der Waals surface area contributed by atoms with Gasteiger partial charge in [0.25, 0.3) is 0 Å². The maximum atomic E-state index is 11.1. The van der Waals surface area contributed by atoms with Gasteiger partial charge < -0.3 is 5.73 Å². The predicted molar refractivity (Wildman–Crippen MR) is 74.4 cm³/mol. The summed E-state index contributed by atoms with van der Waals surface area (Å²) in [5, 5.41) is -0.191. The highest BCUT2D eigenvalue weighted by molar-refractivity contribution is 8.00. The van der Waals surface area contributed by atoms with Crippen LogP contribution in [0.5, 0.6) is 0 Å². The molecule has 94 valence electrons. The molecule has 0 saturated heterocycles. The summed E-state index contributed by atoms with van der Waals surface area (Å²) >= 11 is 1.53. The number of nitrogens with two attached hydrogens (primary N) is 1. The highest BCUT2D eigenvalue weighted by Crippen LogP contribution is 2.31. The molecule has 0 bridgehead atoms. The second kappa shape index (κ2) is 5.13. The number of rotatable bonds is 3. The summed E-state index contributed by atoms with van der Waals surface area (Å²) < 4.78 is 0. The smallest absolute Gasteiger partial charge is 0.230 e. The Bertz CT molecular complexity index is 421. The third-order valence-corrected chi connectivity index (χ3v) is 4.04. The minimum Gasteiger partial charge on any atom is -0.369 e. The van der Waals surface area contributed by atoms with Gasteiger partial charge in [0, 0.05) is 4.90 Å². The molecule has 0 spiro atoms. The lowest BCUT2D eigenvalue weighted by molar-refractivity contribution is -0.117. The topological polar surface area (TPSA) is 43.1 Å². The Hall–Kier alpha value is -0.960. The van der Waals surface area contributed by atoms with E-state index in [4.69, 9.17) is 5.73 Å². The van der Waals surface area contributed by atoms with E-state index in [1.807, 2.05) is 6.92 Å². The Labute approximate surface area is 108 Å². The summed E-state index contributed by atoms with van der Waals surface area (Å²) in [5.41, 5.74) is 7.89. The number of carbonyl (C=O) groups excluding carboxylic acids is 1. The number of aryl methyl sites for hydroxylation is 1. The van der Waals surface area contributed by atoms with Crippen LogP contribution < -0.4 is 5.73 Å². The van der Waals surface area contributed by atoms with E-state index in [2.05, 4.69) is 45.9 Å². The normalized spacial score (nSPS) is 13.5. The van der Waals surface area contributed by atoms with Gasteiger partial charge in [-0.2, -0.15) is 0 Å². The van der Waals surface area contributed by atoms with E-state index in [1.54, 1.807) is 0 Å². The number of amides is 1. The van der Waals surface area contributed by atoms with Crippen LogP contribution in [0.4, 0.5) is 0 Å². The van der Waals surface area contributed by atoms with Gasteiger partial charge in [-0.1, -0.05) is 32.9 Å². The highest BCUT2D eigenvalue weighted by Gasteiger charge is 2.17. The van der Waals surface area contributed by atoms with E-state index in [9.17, 15) is 4.79 Å². The molecule has 0 unspecified atom stereocenters. The third-order valence-electron chi connectivity index (χ3n) is 2.76. The Kier molecular flexibility index (Phi) is 4.26. The van der Waals surface area contributed by atoms with Crippen LogP contribution in [0.1, 0.15) is 38.8 Å². The minimum absolute atomic E-state index is 0.124. The first-order valence-electron chi connectivity index (χ1n) is 5.79. The molecule has 1 aromatic rings. The number of primary amides is 1. The van der Waals surface area contributed by atoms with Gasteiger partial charge in [-0.25, -0.2) is 0 Å². The second-order valence-electron chi connectivity index (χ2n) is 5.39. The molecule has 2 N–H and O–H groups in total. The Balaban J connectivity index is 3.03. The minimum atomic E-state index is -0.268. The summed E-state index contributed by atoms with van der Waals surface area (Å²) in [7, 11) is 0. The highest BCUT2D eigenvalue weighted by atomic mass is 32.2. The standard InChI is InChI=1S/C14H21NOS/c1-9-6-7-11(14(3,4)5)8-12(9)17-10(2)13(15)16/h6-8,10H,1-5H3,(H2,15,16)/t10-/m1/s1. The molecule has 0 aliphatic carbocycles. The zero-order valence-electron chi connectivity index (χ0n) is 11.2. The van der Waals surface area contributed by atoms with Gasteiger partial charge in [-0.15, -0.1) is 11.8 Å². The van der Waals surface area contributed by atoms with Crippen molar-refractivity contribution in [2.45, 2.75) is 50.2 Å². The van der Waals surface area contributed by atoms with Crippen LogP contribution in [-0.2, 0) is 10.2 Å². The van der Waals surface area contributed by atoms with Crippen LogP contribution in [0.25, 0.3) is 0 Å². The first-order chi connectivity index (χ1) is 7.71. The third kappa shape index (κ3) is 3.77. The van der Waals surface area contributed by atoms with Crippen molar-refractivity contribution in [2.24, 2.45) is 5.73 Å². The molecule has 0 radical (unpaired) electrons. The van der Waals surface area contributed by atoms with Crippen molar-refractivity contribution in [2.75, 3.05) is 0 Å². The summed E-state index contributed by atoms with van der Waals surface area (Å²) in [6, 6.07) is 6.42. The molecular weight excluding hydrogens is 230 g/mol. The van der Waals surface area contributed by atoms with Crippen molar-refractivity contribution in [3.8, 4) is 0 Å². The maximum absolute atomic E-state index is 11.1. The van der Waals surface area contributed by atoms with Crippen LogP contribution >= 0.6 is 11.8 Å².